The first-order chi connectivity index (χ1) is 14.4. The first-order valence-electron chi connectivity index (χ1n) is 9.05. The van der Waals surface area contributed by atoms with E-state index < -0.39 is 28.9 Å². The van der Waals surface area contributed by atoms with Crippen molar-refractivity contribution in [2.75, 3.05) is 9.80 Å². The Morgan fingerprint density at radius 1 is 1.13 bits per heavy atom. The van der Waals surface area contributed by atoms with E-state index in [9.17, 15) is 18.0 Å². The Labute approximate surface area is 184 Å². The number of alkyl halides is 3. The summed E-state index contributed by atoms with van der Waals surface area (Å²) in [5, 5.41) is 7.41. The third kappa shape index (κ3) is 4.52. The van der Waals surface area contributed by atoms with Crippen molar-refractivity contribution in [2.24, 2.45) is 0 Å². The Kier molecular flexibility index (Phi) is 6.73. The van der Waals surface area contributed by atoms with Gasteiger partial charge in [0.15, 0.2) is 10.8 Å². The van der Waals surface area contributed by atoms with Gasteiger partial charge in [-0.25, -0.2) is 4.85 Å². The van der Waals surface area contributed by atoms with Crippen molar-refractivity contribution >= 4 is 40.3 Å². The summed E-state index contributed by atoms with van der Waals surface area (Å²) in [5.74, 6) is -0.443. The maximum atomic E-state index is 13.3. The molecule has 2 aromatic rings. The highest BCUT2D eigenvalue weighted by molar-refractivity contribution is 7.81. The van der Waals surface area contributed by atoms with Gasteiger partial charge >= 0.3 is 6.18 Å². The van der Waals surface area contributed by atoms with Crippen LogP contribution >= 0.6 is 12.2 Å². The topological polar surface area (TPSA) is 51.7 Å². The van der Waals surface area contributed by atoms with Crippen LogP contribution in [0.5, 0.6) is 0 Å². The number of thiocarbonyl (C=S) groups is 1. The predicted octanol–water partition coefficient (Wildman–Crippen LogP) is 6.01. The van der Waals surface area contributed by atoms with Gasteiger partial charge < -0.3 is 4.90 Å². The highest BCUT2D eigenvalue weighted by Gasteiger charge is 2.50. The molecule has 0 aromatic heterocycles. The van der Waals surface area contributed by atoms with E-state index in [-0.39, 0.29) is 10.8 Å². The Bertz CT molecular complexity index is 1100. The number of benzene rings is 2. The molecule has 3 rings (SSSR count). The lowest BCUT2D eigenvalue weighted by Gasteiger charge is -2.29. The van der Waals surface area contributed by atoms with Crippen molar-refractivity contribution in [1.82, 2.24) is 0 Å². The molecular formula is C22H19F3N4OS. The van der Waals surface area contributed by atoms with E-state index in [1.807, 2.05) is 31.2 Å². The summed E-state index contributed by atoms with van der Waals surface area (Å²) in [4.78, 5) is 18.7. The van der Waals surface area contributed by atoms with Crippen molar-refractivity contribution < 1.29 is 18.0 Å². The number of anilines is 2. The van der Waals surface area contributed by atoms with Gasteiger partial charge in [0, 0.05) is 18.3 Å². The number of carbonyl (C=O) groups is 1. The Morgan fingerprint density at radius 3 is 2.13 bits per heavy atom. The minimum Gasteiger partial charge on any atom is -0.304 e. The summed E-state index contributed by atoms with van der Waals surface area (Å²) in [6, 6.07) is 12.3. The largest absolute Gasteiger partial charge is 0.407 e. The Balaban J connectivity index is 0.00000107. The average molecular weight is 444 g/mol. The molecule has 0 radical (unpaired) electrons. The number of rotatable bonds is 2. The zero-order chi connectivity index (χ0) is 23.6. The summed E-state index contributed by atoms with van der Waals surface area (Å²) >= 11 is 5.47. The fourth-order valence-electron chi connectivity index (χ4n) is 3.14. The van der Waals surface area contributed by atoms with E-state index in [0.29, 0.717) is 5.69 Å². The van der Waals surface area contributed by atoms with Gasteiger partial charge in [-0.05, 0) is 57.3 Å². The summed E-state index contributed by atoms with van der Waals surface area (Å²) in [7, 11) is 0. The molecule has 1 aliphatic heterocycles. The fraction of sp³-hybridized carbons (Fsp3) is 0.273. The predicted molar refractivity (Wildman–Crippen MR) is 117 cm³/mol. The van der Waals surface area contributed by atoms with Gasteiger partial charge in [0.1, 0.15) is 5.54 Å². The first kappa shape index (κ1) is 23.8. The number of amides is 1. The van der Waals surface area contributed by atoms with Crippen molar-refractivity contribution in [3.8, 4) is 6.07 Å². The molecule has 5 nitrogen and oxygen atoms in total. The van der Waals surface area contributed by atoms with Crippen LogP contribution in [0.3, 0.4) is 0 Å². The zero-order valence-electron chi connectivity index (χ0n) is 17.3. The second-order valence-corrected chi connectivity index (χ2v) is 7.55. The SMILES string of the molecule is CC#N.[C-]#[N+]c1ccc(N2C(=O)C(C)(C)N(c3ccc(C)cc3)C2=S)cc1C(F)(F)F. The van der Waals surface area contributed by atoms with Crippen LogP contribution < -0.4 is 9.80 Å². The molecule has 31 heavy (non-hydrogen) atoms. The van der Waals surface area contributed by atoms with E-state index in [1.54, 1.807) is 24.8 Å². The van der Waals surface area contributed by atoms with Crippen LogP contribution in [0.25, 0.3) is 4.85 Å². The highest BCUT2D eigenvalue weighted by Crippen LogP contribution is 2.41. The van der Waals surface area contributed by atoms with Gasteiger partial charge in [-0.3, -0.25) is 9.69 Å². The zero-order valence-corrected chi connectivity index (χ0v) is 18.1. The molecule has 2 aromatic carbocycles. The molecule has 0 N–H and O–H groups in total. The standard InChI is InChI=1S/C20H16F3N3OS.C2H3N/c1-12-5-7-13(8-6-12)26-18(28)25(17(27)19(26,2)3)14-9-10-16(24-4)15(11-14)20(21,22)23;1-2-3/h5-11H,1-3H3;1H3. The molecule has 0 spiro atoms. The molecule has 1 aliphatic rings. The third-order valence-electron chi connectivity index (χ3n) is 4.62. The second kappa shape index (κ2) is 8.75. The second-order valence-electron chi connectivity index (χ2n) is 7.19. The van der Waals surface area contributed by atoms with Gasteiger partial charge in [-0.1, -0.05) is 23.8 Å². The van der Waals surface area contributed by atoms with Crippen molar-refractivity contribution in [3.63, 3.8) is 0 Å². The molecule has 0 aliphatic carbocycles. The van der Waals surface area contributed by atoms with Gasteiger partial charge in [-0.2, -0.15) is 18.4 Å². The van der Waals surface area contributed by atoms with E-state index in [1.165, 1.54) is 13.0 Å². The van der Waals surface area contributed by atoms with E-state index in [0.717, 1.165) is 22.6 Å². The van der Waals surface area contributed by atoms with Crippen LogP contribution in [0.1, 0.15) is 31.9 Å². The Morgan fingerprint density at radius 2 is 1.65 bits per heavy atom. The number of halogens is 3. The minimum absolute atomic E-state index is 0.0163. The van der Waals surface area contributed by atoms with Crippen molar-refractivity contribution in [2.45, 2.75) is 39.4 Å². The molecular weight excluding hydrogens is 425 g/mol. The van der Waals surface area contributed by atoms with Gasteiger partial charge in [-0.15, -0.1) is 0 Å². The number of aryl methyl sites for hydroxylation is 1. The molecule has 160 valence electrons. The lowest BCUT2D eigenvalue weighted by molar-refractivity contribution is -0.136. The number of nitrogens with zero attached hydrogens (tertiary/aromatic N) is 4. The third-order valence-corrected chi connectivity index (χ3v) is 4.99. The number of nitriles is 1. The maximum absolute atomic E-state index is 13.3. The van der Waals surface area contributed by atoms with Crippen LogP contribution in [-0.2, 0) is 11.0 Å². The molecule has 1 heterocycles. The first-order valence-corrected chi connectivity index (χ1v) is 9.46. The minimum atomic E-state index is -4.72. The monoisotopic (exact) mass is 444 g/mol. The molecule has 0 atom stereocenters. The Hall–Kier alpha value is -3.43. The van der Waals surface area contributed by atoms with Crippen LogP contribution in [0.15, 0.2) is 42.5 Å². The summed E-state index contributed by atoms with van der Waals surface area (Å²) in [6.07, 6.45) is -4.72. The van der Waals surface area contributed by atoms with Crippen LogP contribution in [0.2, 0.25) is 0 Å². The van der Waals surface area contributed by atoms with Crippen LogP contribution in [-0.4, -0.2) is 16.6 Å². The van der Waals surface area contributed by atoms with E-state index in [4.69, 9.17) is 24.1 Å². The maximum Gasteiger partial charge on any atom is 0.407 e. The number of hydrogen-bond acceptors (Lipinski definition) is 3. The molecule has 1 saturated heterocycles. The molecule has 0 bridgehead atoms. The molecule has 0 unspecified atom stereocenters. The van der Waals surface area contributed by atoms with Crippen LogP contribution in [0.4, 0.5) is 30.2 Å². The lowest BCUT2D eigenvalue weighted by Crippen LogP contribution is -2.44. The van der Waals surface area contributed by atoms with Gasteiger partial charge in [0.25, 0.3) is 5.91 Å². The fourth-order valence-corrected chi connectivity index (χ4v) is 3.66. The average Bonchev–Trinajstić information content (AvgIpc) is 2.86. The summed E-state index contributed by atoms with van der Waals surface area (Å²) < 4.78 is 40.0. The normalized spacial score (nSPS) is 15.1. The molecule has 0 saturated carbocycles. The quantitative estimate of drug-likeness (QED) is 0.420. The van der Waals surface area contributed by atoms with Crippen molar-refractivity contribution in [1.29, 1.82) is 5.26 Å². The summed E-state index contributed by atoms with van der Waals surface area (Å²) in [5.41, 5.74) is -1.02. The lowest BCUT2D eigenvalue weighted by atomic mass is 10.0. The molecule has 1 amide bonds. The summed E-state index contributed by atoms with van der Waals surface area (Å²) in [6.45, 7) is 13.6. The van der Waals surface area contributed by atoms with E-state index >= 15 is 0 Å². The number of carbonyl (C=O) groups excluding carboxylic acids is 1. The molecule has 9 heteroatoms. The van der Waals surface area contributed by atoms with Crippen molar-refractivity contribution in [3.05, 3.63) is 65.0 Å². The van der Waals surface area contributed by atoms with Gasteiger partial charge in [0.2, 0.25) is 0 Å². The van der Waals surface area contributed by atoms with E-state index in [2.05, 4.69) is 4.85 Å². The van der Waals surface area contributed by atoms with Crippen LogP contribution in [0, 0.1) is 24.8 Å². The molecule has 1 fully saturated rings. The number of hydrogen-bond donors (Lipinski definition) is 0. The van der Waals surface area contributed by atoms with Gasteiger partial charge in [0.05, 0.1) is 18.2 Å². The smallest absolute Gasteiger partial charge is 0.304 e. The highest BCUT2D eigenvalue weighted by atomic mass is 32.1.